The number of imidazole rings is 1. The summed E-state index contributed by atoms with van der Waals surface area (Å²) in [5.41, 5.74) is 29.7. The Bertz CT molecular complexity index is 2760. The number of aliphatic hydroxyl groups is 1. The van der Waals surface area contributed by atoms with Crippen LogP contribution < -0.4 is 71.2 Å². The van der Waals surface area contributed by atoms with E-state index in [2.05, 4.69) is 67.5 Å². The van der Waals surface area contributed by atoms with Gasteiger partial charge in [-0.05, 0) is 74.3 Å². The summed E-state index contributed by atoms with van der Waals surface area (Å²) < 4.78 is 0. The van der Waals surface area contributed by atoms with E-state index >= 15 is 0 Å². The number of carboxylic acid groups (broad SMARTS) is 1. The summed E-state index contributed by atoms with van der Waals surface area (Å²) in [5, 5.41) is 43.3. The smallest absolute Gasteiger partial charge is 0.326 e. The van der Waals surface area contributed by atoms with Crippen molar-refractivity contribution >= 4 is 76.0 Å². The third-order valence-electron chi connectivity index (χ3n) is 15.0. The quantitative estimate of drug-likeness (QED) is 0.0179. The average Bonchev–Trinajstić information content (AvgIpc) is 3.75. The molecule has 2 aromatic heterocycles. The molecule has 0 aliphatic heterocycles. The maximum atomic E-state index is 14.9. The number of guanidine groups is 2. The van der Waals surface area contributed by atoms with Crippen LogP contribution in [0.15, 0.2) is 53.0 Å². The molecule has 1 aromatic carbocycles. The first-order valence-corrected chi connectivity index (χ1v) is 29.3. The van der Waals surface area contributed by atoms with E-state index in [0.717, 1.165) is 10.9 Å². The number of hydrogen-bond donors (Lipinski definition) is 17. The lowest BCUT2D eigenvalue weighted by Gasteiger charge is -2.31. The molecule has 478 valence electrons. The zero-order valence-corrected chi connectivity index (χ0v) is 50.9. The van der Waals surface area contributed by atoms with E-state index in [0.29, 0.717) is 36.9 Å². The van der Waals surface area contributed by atoms with Gasteiger partial charge in [-0.1, -0.05) is 92.9 Å². The Kier molecular flexibility index (Phi) is 30.0. The van der Waals surface area contributed by atoms with Crippen molar-refractivity contribution in [2.45, 2.75) is 187 Å². The third kappa shape index (κ3) is 23.3. The second-order valence-corrected chi connectivity index (χ2v) is 22.4. The van der Waals surface area contributed by atoms with Gasteiger partial charge in [0.15, 0.2) is 11.9 Å². The Morgan fingerprint density at radius 1 is 0.558 bits per heavy atom. The monoisotopic (exact) mass is 1210 g/mol. The number of aliphatic hydroxyl groups excluding tert-OH is 1. The highest BCUT2D eigenvalue weighted by molar-refractivity contribution is 5.99. The fourth-order valence-electron chi connectivity index (χ4n) is 9.25. The molecule has 29 heteroatoms. The van der Waals surface area contributed by atoms with Gasteiger partial charge in [0.1, 0.15) is 48.3 Å². The number of H-pyrrole nitrogens is 2. The number of amides is 8. The number of carboxylic acids is 1. The number of para-hydroxylation sites is 1. The van der Waals surface area contributed by atoms with Crippen molar-refractivity contribution in [2.75, 3.05) is 13.1 Å². The van der Waals surface area contributed by atoms with Crippen LogP contribution in [0.3, 0.4) is 0 Å². The Morgan fingerprint density at radius 3 is 1.52 bits per heavy atom. The maximum absolute atomic E-state index is 14.9. The van der Waals surface area contributed by atoms with Crippen LogP contribution in [0.5, 0.6) is 0 Å². The minimum Gasteiger partial charge on any atom is -0.480 e. The summed E-state index contributed by atoms with van der Waals surface area (Å²) in [5.74, 6) is -9.87. The number of aliphatic imine (C=N–C) groups is 2. The van der Waals surface area contributed by atoms with Crippen LogP contribution >= 0.6 is 0 Å². The van der Waals surface area contributed by atoms with Gasteiger partial charge in [-0.2, -0.15) is 0 Å². The van der Waals surface area contributed by atoms with Crippen LogP contribution in [0.25, 0.3) is 10.9 Å². The van der Waals surface area contributed by atoms with Crippen LogP contribution in [0, 0.1) is 23.7 Å². The number of nitrogens with two attached hydrogens (primary N) is 5. The highest BCUT2D eigenvalue weighted by Gasteiger charge is 2.39. The van der Waals surface area contributed by atoms with E-state index in [1.807, 2.05) is 32.0 Å². The van der Waals surface area contributed by atoms with E-state index < -0.39 is 131 Å². The molecule has 3 aromatic rings. The van der Waals surface area contributed by atoms with Crippen LogP contribution in [0.4, 0.5) is 0 Å². The van der Waals surface area contributed by atoms with E-state index in [9.17, 15) is 53.4 Å². The summed E-state index contributed by atoms with van der Waals surface area (Å²) in [7, 11) is 0. The number of aliphatic carboxylic acids is 1. The molecule has 3 rings (SSSR count). The van der Waals surface area contributed by atoms with Gasteiger partial charge in [-0.3, -0.25) is 48.3 Å². The van der Waals surface area contributed by atoms with Gasteiger partial charge >= 0.3 is 5.97 Å². The summed E-state index contributed by atoms with van der Waals surface area (Å²) >= 11 is 0. The largest absolute Gasteiger partial charge is 0.480 e. The fraction of sp³-hybridized carbons (Fsp3) is 0.614. The van der Waals surface area contributed by atoms with Crippen LogP contribution in [-0.4, -0.2) is 164 Å². The van der Waals surface area contributed by atoms with Crippen molar-refractivity contribution in [3.63, 3.8) is 0 Å². The van der Waals surface area contributed by atoms with E-state index in [1.165, 1.54) is 19.4 Å². The lowest BCUT2D eigenvalue weighted by molar-refractivity contribution is -0.142. The molecule has 0 aliphatic rings. The molecule has 29 nitrogen and oxygen atoms in total. The molecule has 13 atom stereocenters. The van der Waals surface area contributed by atoms with Crippen molar-refractivity contribution < 1.29 is 53.4 Å². The lowest BCUT2D eigenvalue weighted by Crippen LogP contribution is -2.63. The molecule has 0 aliphatic carbocycles. The molecule has 0 radical (unpaired) electrons. The van der Waals surface area contributed by atoms with Gasteiger partial charge in [-0.15, -0.1) is 0 Å². The fourth-order valence-corrected chi connectivity index (χ4v) is 9.25. The summed E-state index contributed by atoms with van der Waals surface area (Å²) in [6, 6.07) is -4.69. The van der Waals surface area contributed by atoms with Crippen molar-refractivity contribution in [2.24, 2.45) is 62.3 Å². The van der Waals surface area contributed by atoms with E-state index in [4.69, 9.17) is 28.7 Å². The van der Waals surface area contributed by atoms with Crippen molar-refractivity contribution in [1.82, 2.24) is 57.5 Å². The first-order chi connectivity index (χ1) is 40.6. The van der Waals surface area contributed by atoms with Crippen molar-refractivity contribution in [1.29, 1.82) is 0 Å². The molecular weight excluding hydrogens is 1110 g/mol. The number of carbonyl (C=O) groups excluding carboxylic acids is 8. The molecule has 0 bridgehead atoms. The first-order valence-electron chi connectivity index (χ1n) is 29.3. The van der Waals surface area contributed by atoms with Gasteiger partial charge in [-0.25, -0.2) is 9.78 Å². The number of aromatic amines is 2. The maximum Gasteiger partial charge on any atom is 0.326 e. The molecular formula is C57H94N18O11. The summed E-state index contributed by atoms with van der Waals surface area (Å²) in [6.07, 6.45) is 4.55. The molecule has 2 heterocycles. The SMILES string of the molecule is CC[C@H](C)[C@H](NC(=O)[C@H](Cc1c[nH]c2ccccc12)NC(=O)[C@@H](NC(=O)[C@@H](NC(=O)[C@@H](NC(=O)[C@@H](N)CCCN=C(N)N)[C@@H](C)CC)[C@@H](C)O)[C@@H](C)CC)C(=O)N[C@@H](CC(C)C)C(=O)N[C@@H](CCCN=C(N)N)C(=O)N[C@@H](Cc1cnc[nH]1)C(=O)O. The van der Waals surface area contributed by atoms with Crippen molar-refractivity contribution in [3.8, 4) is 0 Å². The Morgan fingerprint density at radius 2 is 1.01 bits per heavy atom. The minimum absolute atomic E-state index is 0.0389. The third-order valence-corrected chi connectivity index (χ3v) is 15.0. The molecule has 0 unspecified atom stereocenters. The van der Waals surface area contributed by atoms with Gasteiger partial charge in [0, 0.05) is 54.9 Å². The zero-order chi connectivity index (χ0) is 64.4. The second kappa shape index (κ2) is 35.8. The Labute approximate surface area is 502 Å². The number of carbonyl (C=O) groups is 9. The normalized spacial score (nSPS) is 15.9. The highest BCUT2D eigenvalue weighted by Crippen LogP contribution is 2.21. The molecule has 0 spiro atoms. The van der Waals surface area contributed by atoms with Gasteiger partial charge < -0.3 is 91.4 Å². The second-order valence-electron chi connectivity index (χ2n) is 22.4. The predicted octanol–water partition coefficient (Wildman–Crippen LogP) is -1.36. The van der Waals surface area contributed by atoms with Gasteiger partial charge in [0.25, 0.3) is 0 Å². The van der Waals surface area contributed by atoms with Crippen LogP contribution in [0.2, 0.25) is 0 Å². The molecule has 86 heavy (non-hydrogen) atoms. The standard InChI is InChI=1S/C57H94N18O11/c1-10-30(6)43(51(81)69-40(23-29(4)5)49(79)68-39(20-16-22-65-57(61)62)48(78)71-42(55(85)86)25-35-27-63-28-67-35)73-50(80)41(24-34-26-66-38-19-14-13-17-36(34)38)70-52(82)44(31(7)11-2)74-54(84)46(33(9)76)75-53(83)45(32(8)12-3)72-47(77)37(58)18-15-21-64-56(59)60/h13-14,17,19,26-33,37,39-46,66,76H,10-12,15-16,18,20-25,58H2,1-9H3,(H,63,67)(H,68,79)(H,69,81)(H,70,82)(H,71,78)(H,72,77)(H,73,80)(H,74,84)(H,75,83)(H,85,86)(H4,59,60,64)(H4,61,62,65)/t30-,31-,32-,33+,37-,39-,40-,41-,42-,43-,44-,45-,46-/m0/s1. The first kappa shape index (κ1) is 71.9. The average molecular weight is 1210 g/mol. The van der Waals surface area contributed by atoms with Crippen LogP contribution in [0.1, 0.15) is 125 Å². The number of nitrogens with zero attached hydrogens (tertiary/aromatic N) is 3. The Hall–Kier alpha value is -8.34. The predicted molar refractivity (Wildman–Crippen MR) is 325 cm³/mol. The number of fused-ring (bicyclic) bond motifs is 1. The highest BCUT2D eigenvalue weighted by atomic mass is 16.4. The zero-order valence-electron chi connectivity index (χ0n) is 50.9. The Balaban J connectivity index is 1.97. The van der Waals surface area contributed by atoms with Gasteiger partial charge in [0.05, 0.1) is 18.5 Å². The number of aromatic nitrogens is 3. The number of rotatable bonds is 38. The molecule has 0 saturated carbocycles. The molecule has 0 fully saturated rings. The van der Waals surface area contributed by atoms with Gasteiger partial charge in [0.2, 0.25) is 47.3 Å². The van der Waals surface area contributed by atoms with E-state index in [-0.39, 0.29) is 69.5 Å². The van der Waals surface area contributed by atoms with Crippen LogP contribution in [-0.2, 0) is 56.0 Å². The number of nitrogens with one attached hydrogen (secondary N) is 10. The number of benzene rings is 1. The lowest BCUT2D eigenvalue weighted by atomic mass is 9.94. The van der Waals surface area contributed by atoms with Crippen molar-refractivity contribution in [3.05, 3.63) is 54.2 Å². The number of hydrogen-bond acceptors (Lipinski definition) is 14. The molecule has 22 N–H and O–H groups in total. The summed E-state index contributed by atoms with van der Waals surface area (Å²) in [4.78, 5) is 144. The molecule has 8 amide bonds. The molecule has 0 saturated heterocycles. The minimum atomic E-state index is -1.64. The van der Waals surface area contributed by atoms with E-state index in [1.54, 1.807) is 53.8 Å². The summed E-state index contributed by atoms with van der Waals surface area (Å²) in [6.45, 7) is 15.7. The topological polar surface area (TPSA) is 490 Å².